The summed E-state index contributed by atoms with van der Waals surface area (Å²) in [6.07, 6.45) is 4.49. The van der Waals surface area contributed by atoms with E-state index in [-0.39, 0.29) is 11.9 Å². The zero-order valence-corrected chi connectivity index (χ0v) is 14.1. The summed E-state index contributed by atoms with van der Waals surface area (Å²) >= 11 is 1.93. The molecule has 2 N–H and O–H groups in total. The Kier molecular flexibility index (Phi) is 5.09. The van der Waals surface area contributed by atoms with Gasteiger partial charge in [-0.1, -0.05) is 0 Å². The standard InChI is InChI=1S/C15H23N5O2S/c1-19-7-4-13(18-19)20-6-2-3-12(14(20)21)17-15(22)16-9-11-5-8-23-10-11/h4,7,11-12H,2-3,5-6,8-10H2,1H3,(H2,16,17,22)/t11-,12+/m1/s1. The average molecular weight is 337 g/mol. The average Bonchev–Trinajstić information content (AvgIpc) is 3.19. The molecule has 8 heteroatoms. The molecule has 0 aliphatic carbocycles. The Bertz CT molecular complexity index is 570. The number of piperidine rings is 1. The molecule has 2 fully saturated rings. The van der Waals surface area contributed by atoms with Gasteiger partial charge in [0.15, 0.2) is 5.82 Å². The number of nitrogens with one attached hydrogen (secondary N) is 2. The first kappa shape index (κ1) is 16.2. The number of hydrogen-bond donors (Lipinski definition) is 2. The molecular formula is C15H23N5O2S. The van der Waals surface area contributed by atoms with Crippen LogP contribution >= 0.6 is 11.8 Å². The zero-order chi connectivity index (χ0) is 16.2. The van der Waals surface area contributed by atoms with Crippen molar-refractivity contribution in [2.75, 3.05) is 29.5 Å². The highest BCUT2D eigenvalue weighted by molar-refractivity contribution is 7.99. The van der Waals surface area contributed by atoms with E-state index in [2.05, 4.69) is 15.7 Å². The molecule has 0 saturated carbocycles. The summed E-state index contributed by atoms with van der Waals surface area (Å²) in [4.78, 5) is 26.3. The van der Waals surface area contributed by atoms with Crippen LogP contribution in [0.5, 0.6) is 0 Å². The third-order valence-electron chi connectivity index (χ3n) is 4.30. The van der Waals surface area contributed by atoms with Crippen molar-refractivity contribution < 1.29 is 9.59 Å². The Morgan fingerprint density at radius 1 is 1.48 bits per heavy atom. The van der Waals surface area contributed by atoms with Crippen LogP contribution in [0.4, 0.5) is 10.6 Å². The molecule has 1 aromatic rings. The lowest BCUT2D eigenvalue weighted by atomic mass is 10.0. The van der Waals surface area contributed by atoms with Gasteiger partial charge in [0, 0.05) is 32.4 Å². The van der Waals surface area contributed by atoms with Crippen molar-refractivity contribution in [1.29, 1.82) is 0 Å². The lowest BCUT2D eigenvalue weighted by Gasteiger charge is -2.31. The molecular weight excluding hydrogens is 314 g/mol. The first-order valence-corrected chi connectivity index (χ1v) is 9.22. The molecule has 3 amide bonds. The molecule has 126 valence electrons. The number of amides is 3. The van der Waals surface area contributed by atoms with E-state index in [1.54, 1.807) is 9.58 Å². The minimum Gasteiger partial charge on any atom is -0.338 e. The molecule has 0 spiro atoms. The minimum absolute atomic E-state index is 0.0819. The van der Waals surface area contributed by atoms with Crippen LogP contribution < -0.4 is 15.5 Å². The first-order valence-electron chi connectivity index (χ1n) is 8.06. The third-order valence-corrected chi connectivity index (χ3v) is 5.53. The molecule has 2 atom stereocenters. The van der Waals surface area contributed by atoms with Crippen LogP contribution in [0.15, 0.2) is 12.3 Å². The second-order valence-corrected chi connectivity index (χ2v) is 7.27. The molecule has 7 nitrogen and oxygen atoms in total. The first-order chi connectivity index (χ1) is 11.1. The highest BCUT2D eigenvalue weighted by Crippen LogP contribution is 2.22. The Balaban J connectivity index is 1.52. The Morgan fingerprint density at radius 3 is 3.04 bits per heavy atom. The Morgan fingerprint density at radius 2 is 2.35 bits per heavy atom. The number of thioether (sulfide) groups is 1. The van der Waals surface area contributed by atoms with Crippen LogP contribution in [0.2, 0.25) is 0 Å². The number of urea groups is 1. The number of aryl methyl sites for hydroxylation is 1. The second kappa shape index (κ2) is 7.25. The van der Waals surface area contributed by atoms with Gasteiger partial charge in [0.25, 0.3) is 5.91 Å². The molecule has 2 aliphatic rings. The van der Waals surface area contributed by atoms with Gasteiger partial charge < -0.3 is 10.6 Å². The van der Waals surface area contributed by atoms with E-state index in [1.807, 2.05) is 31.1 Å². The summed E-state index contributed by atoms with van der Waals surface area (Å²) in [5.41, 5.74) is 0. The molecule has 2 saturated heterocycles. The number of aromatic nitrogens is 2. The van der Waals surface area contributed by atoms with E-state index in [1.165, 1.54) is 5.75 Å². The van der Waals surface area contributed by atoms with Gasteiger partial charge in [-0.05, 0) is 36.7 Å². The van der Waals surface area contributed by atoms with E-state index in [4.69, 9.17) is 0 Å². The Labute approximate surface area is 140 Å². The maximum absolute atomic E-state index is 12.6. The number of anilines is 1. The van der Waals surface area contributed by atoms with Crippen LogP contribution in [-0.4, -0.2) is 52.4 Å². The molecule has 0 aromatic carbocycles. The van der Waals surface area contributed by atoms with Gasteiger partial charge in [0.05, 0.1) is 0 Å². The number of carbonyl (C=O) groups is 2. The summed E-state index contributed by atoms with van der Waals surface area (Å²) in [7, 11) is 1.82. The van der Waals surface area contributed by atoms with Crippen LogP contribution in [-0.2, 0) is 11.8 Å². The van der Waals surface area contributed by atoms with Crippen molar-refractivity contribution in [1.82, 2.24) is 20.4 Å². The largest absolute Gasteiger partial charge is 0.338 e. The molecule has 3 heterocycles. The molecule has 0 bridgehead atoms. The van der Waals surface area contributed by atoms with Crippen LogP contribution in [0.25, 0.3) is 0 Å². The van der Waals surface area contributed by atoms with Crippen molar-refractivity contribution in [3.05, 3.63) is 12.3 Å². The summed E-state index contributed by atoms with van der Waals surface area (Å²) in [6, 6.07) is 1.10. The molecule has 1 aromatic heterocycles. The fraction of sp³-hybridized carbons (Fsp3) is 0.667. The van der Waals surface area contributed by atoms with E-state index in [0.717, 1.165) is 18.6 Å². The van der Waals surface area contributed by atoms with E-state index in [9.17, 15) is 9.59 Å². The molecule has 0 unspecified atom stereocenters. The van der Waals surface area contributed by atoms with Gasteiger partial charge in [0.1, 0.15) is 6.04 Å². The van der Waals surface area contributed by atoms with Gasteiger partial charge in [-0.25, -0.2) is 4.79 Å². The molecule has 23 heavy (non-hydrogen) atoms. The molecule has 2 aliphatic heterocycles. The van der Waals surface area contributed by atoms with E-state index >= 15 is 0 Å². The number of carbonyl (C=O) groups excluding carboxylic acids is 2. The van der Waals surface area contributed by atoms with Gasteiger partial charge in [-0.2, -0.15) is 16.9 Å². The summed E-state index contributed by atoms with van der Waals surface area (Å²) in [5, 5.41) is 9.99. The van der Waals surface area contributed by atoms with Crippen molar-refractivity contribution in [3.63, 3.8) is 0 Å². The highest BCUT2D eigenvalue weighted by atomic mass is 32.2. The van der Waals surface area contributed by atoms with E-state index < -0.39 is 6.04 Å². The van der Waals surface area contributed by atoms with E-state index in [0.29, 0.717) is 31.2 Å². The van der Waals surface area contributed by atoms with Crippen LogP contribution in [0.3, 0.4) is 0 Å². The monoisotopic (exact) mass is 337 g/mol. The lowest BCUT2D eigenvalue weighted by molar-refractivity contribution is -0.121. The predicted molar refractivity (Wildman–Crippen MR) is 90.5 cm³/mol. The van der Waals surface area contributed by atoms with Crippen LogP contribution in [0.1, 0.15) is 19.3 Å². The summed E-state index contributed by atoms with van der Waals surface area (Å²) in [6.45, 7) is 1.33. The summed E-state index contributed by atoms with van der Waals surface area (Å²) in [5.74, 6) is 3.40. The summed E-state index contributed by atoms with van der Waals surface area (Å²) < 4.78 is 1.67. The second-order valence-electron chi connectivity index (χ2n) is 6.12. The van der Waals surface area contributed by atoms with Crippen molar-refractivity contribution in [2.24, 2.45) is 13.0 Å². The molecule has 0 radical (unpaired) electrons. The van der Waals surface area contributed by atoms with Crippen molar-refractivity contribution in [3.8, 4) is 0 Å². The zero-order valence-electron chi connectivity index (χ0n) is 13.3. The maximum Gasteiger partial charge on any atom is 0.315 e. The highest BCUT2D eigenvalue weighted by Gasteiger charge is 2.31. The fourth-order valence-corrected chi connectivity index (χ4v) is 4.26. The number of rotatable bonds is 4. The lowest BCUT2D eigenvalue weighted by Crippen LogP contribution is -2.55. The predicted octanol–water partition coefficient (Wildman–Crippen LogP) is 0.968. The Hall–Kier alpha value is -1.70. The normalized spacial score (nSPS) is 24.7. The van der Waals surface area contributed by atoms with Gasteiger partial charge in [-0.3, -0.25) is 14.4 Å². The quantitative estimate of drug-likeness (QED) is 0.858. The fourth-order valence-electron chi connectivity index (χ4n) is 2.97. The number of nitrogens with zero attached hydrogens (tertiary/aromatic N) is 3. The van der Waals surface area contributed by atoms with Gasteiger partial charge in [-0.15, -0.1) is 0 Å². The van der Waals surface area contributed by atoms with Crippen molar-refractivity contribution >= 4 is 29.5 Å². The van der Waals surface area contributed by atoms with Crippen LogP contribution in [0, 0.1) is 5.92 Å². The van der Waals surface area contributed by atoms with Gasteiger partial charge >= 0.3 is 6.03 Å². The van der Waals surface area contributed by atoms with Crippen molar-refractivity contribution in [2.45, 2.75) is 25.3 Å². The minimum atomic E-state index is -0.469. The molecule has 3 rings (SSSR count). The third kappa shape index (κ3) is 3.99. The number of hydrogen-bond acceptors (Lipinski definition) is 4. The van der Waals surface area contributed by atoms with Gasteiger partial charge in [0.2, 0.25) is 0 Å². The maximum atomic E-state index is 12.6. The topological polar surface area (TPSA) is 79.3 Å². The SMILES string of the molecule is Cn1ccc(N2CCC[C@H](NC(=O)NC[C@H]3CCSC3)C2=O)n1. The smallest absolute Gasteiger partial charge is 0.315 e.